The second kappa shape index (κ2) is 7.74. The first-order chi connectivity index (χ1) is 11.8. The number of morpholine rings is 1. The number of urea groups is 1. The summed E-state index contributed by atoms with van der Waals surface area (Å²) in [5, 5.41) is 5.48. The zero-order chi connectivity index (χ0) is 16.8. The van der Waals surface area contributed by atoms with Crippen molar-refractivity contribution in [1.29, 1.82) is 0 Å². The van der Waals surface area contributed by atoms with Gasteiger partial charge in [0.05, 0.1) is 18.9 Å². The van der Waals surface area contributed by atoms with Crippen LogP contribution in [0.4, 0.5) is 16.4 Å². The van der Waals surface area contributed by atoms with E-state index >= 15 is 0 Å². The number of carbonyl (C=O) groups excluding carboxylic acids is 1. The van der Waals surface area contributed by atoms with E-state index in [-0.39, 0.29) is 6.03 Å². The predicted octanol–water partition coefficient (Wildman–Crippen LogP) is 2.12. The highest BCUT2D eigenvalue weighted by Gasteiger charge is 2.14. The van der Waals surface area contributed by atoms with E-state index < -0.39 is 0 Å². The molecule has 0 radical (unpaired) electrons. The number of nitrogens with one attached hydrogen (secondary N) is 2. The molecular formula is C17H21N5O2. The molecule has 7 nitrogen and oxygen atoms in total. The Labute approximate surface area is 141 Å². The number of aromatic nitrogens is 2. The van der Waals surface area contributed by atoms with Crippen molar-refractivity contribution in [1.82, 2.24) is 15.3 Å². The molecule has 3 rings (SSSR count). The lowest BCUT2D eigenvalue weighted by Gasteiger charge is -2.26. The molecule has 7 heteroatoms. The van der Waals surface area contributed by atoms with Crippen molar-refractivity contribution in [2.75, 3.05) is 43.1 Å². The van der Waals surface area contributed by atoms with Crippen LogP contribution in [0, 0.1) is 0 Å². The third-order valence-corrected chi connectivity index (χ3v) is 3.71. The largest absolute Gasteiger partial charge is 0.378 e. The van der Waals surface area contributed by atoms with E-state index in [0.717, 1.165) is 36.0 Å². The molecule has 0 atom stereocenters. The Morgan fingerprint density at radius 1 is 1.21 bits per heavy atom. The standard InChI is InChI=1S/C17H21N5O2/c1-2-18-17(23)20-14-5-3-13(4-6-14)15-7-8-19-16(21-15)22-9-11-24-12-10-22/h3-8H,2,9-12H2,1H3,(H2,18,20,23). The van der Waals surface area contributed by atoms with Gasteiger partial charge >= 0.3 is 6.03 Å². The third kappa shape index (κ3) is 3.99. The number of carbonyl (C=O) groups is 1. The maximum absolute atomic E-state index is 11.5. The molecule has 1 saturated heterocycles. The van der Waals surface area contributed by atoms with Gasteiger partial charge in [0.2, 0.25) is 5.95 Å². The van der Waals surface area contributed by atoms with Gasteiger partial charge in [0.25, 0.3) is 0 Å². The van der Waals surface area contributed by atoms with Crippen LogP contribution in [0.1, 0.15) is 6.92 Å². The average molecular weight is 327 g/mol. The molecule has 0 spiro atoms. The molecule has 2 heterocycles. The molecule has 0 saturated carbocycles. The summed E-state index contributed by atoms with van der Waals surface area (Å²) >= 11 is 0. The minimum absolute atomic E-state index is 0.207. The number of benzene rings is 1. The van der Waals surface area contributed by atoms with Gasteiger partial charge in [-0.25, -0.2) is 14.8 Å². The van der Waals surface area contributed by atoms with E-state index in [1.54, 1.807) is 6.20 Å². The smallest absolute Gasteiger partial charge is 0.319 e. The van der Waals surface area contributed by atoms with Crippen LogP contribution in [0.3, 0.4) is 0 Å². The number of nitrogens with zero attached hydrogens (tertiary/aromatic N) is 3. The highest BCUT2D eigenvalue weighted by molar-refractivity contribution is 5.89. The second-order valence-electron chi connectivity index (χ2n) is 5.40. The Morgan fingerprint density at radius 3 is 2.67 bits per heavy atom. The topological polar surface area (TPSA) is 79.4 Å². The van der Waals surface area contributed by atoms with Gasteiger partial charge in [-0.05, 0) is 25.1 Å². The number of ether oxygens (including phenoxy) is 1. The van der Waals surface area contributed by atoms with E-state index in [4.69, 9.17) is 4.74 Å². The fraction of sp³-hybridized carbons (Fsp3) is 0.353. The molecule has 2 amide bonds. The fourth-order valence-electron chi connectivity index (χ4n) is 2.49. The molecule has 1 aromatic carbocycles. The maximum atomic E-state index is 11.5. The Morgan fingerprint density at radius 2 is 1.96 bits per heavy atom. The molecule has 1 aliphatic heterocycles. The lowest BCUT2D eigenvalue weighted by molar-refractivity contribution is 0.122. The first-order valence-corrected chi connectivity index (χ1v) is 8.07. The van der Waals surface area contributed by atoms with Gasteiger partial charge in [0, 0.05) is 37.1 Å². The monoisotopic (exact) mass is 327 g/mol. The Hall–Kier alpha value is -2.67. The fourth-order valence-corrected chi connectivity index (χ4v) is 2.49. The van der Waals surface area contributed by atoms with Gasteiger partial charge in [-0.1, -0.05) is 12.1 Å². The van der Waals surface area contributed by atoms with Crippen molar-refractivity contribution < 1.29 is 9.53 Å². The van der Waals surface area contributed by atoms with E-state index in [1.165, 1.54) is 0 Å². The van der Waals surface area contributed by atoms with Crippen molar-refractivity contribution in [3.05, 3.63) is 36.5 Å². The molecule has 0 bridgehead atoms. The van der Waals surface area contributed by atoms with Crippen LogP contribution in [0.15, 0.2) is 36.5 Å². The highest BCUT2D eigenvalue weighted by Crippen LogP contribution is 2.21. The summed E-state index contributed by atoms with van der Waals surface area (Å²) < 4.78 is 5.36. The minimum atomic E-state index is -0.207. The lowest BCUT2D eigenvalue weighted by Crippen LogP contribution is -2.37. The number of hydrogen-bond donors (Lipinski definition) is 2. The summed E-state index contributed by atoms with van der Waals surface area (Å²) in [5.41, 5.74) is 2.58. The van der Waals surface area contributed by atoms with Crippen LogP contribution in [-0.4, -0.2) is 48.8 Å². The van der Waals surface area contributed by atoms with Crippen molar-refractivity contribution >= 4 is 17.7 Å². The van der Waals surface area contributed by atoms with Crippen LogP contribution < -0.4 is 15.5 Å². The average Bonchev–Trinajstić information content (AvgIpc) is 2.63. The number of anilines is 2. The molecule has 2 aromatic rings. The highest BCUT2D eigenvalue weighted by atomic mass is 16.5. The lowest BCUT2D eigenvalue weighted by atomic mass is 10.1. The van der Waals surface area contributed by atoms with E-state index in [2.05, 4.69) is 25.5 Å². The van der Waals surface area contributed by atoms with E-state index in [9.17, 15) is 4.79 Å². The van der Waals surface area contributed by atoms with Gasteiger partial charge < -0.3 is 20.3 Å². The molecule has 2 N–H and O–H groups in total. The van der Waals surface area contributed by atoms with Crippen LogP contribution in [0.25, 0.3) is 11.3 Å². The van der Waals surface area contributed by atoms with E-state index in [1.807, 2.05) is 37.3 Å². The van der Waals surface area contributed by atoms with Gasteiger partial charge in [0.1, 0.15) is 0 Å². The van der Waals surface area contributed by atoms with Crippen LogP contribution >= 0.6 is 0 Å². The van der Waals surface area contributed by atoms with Gasteiger partial charge in [-0.2, -0.15) is 0 Å². The maximum Gasteiger partial charge on any atom is 0.319 e. The zero-order valence-electron chi connectivity index (χ0n) is 13.7. The second-order valence-corrected chi connectivity index (χ2v) is 5.40. The van der Waals surface area contributed by atoms with Gasteiger partial charge in [-0.15, -0.1) is 0 Å². The molecule has 0 unspecified atom stereocenters. The summed E-state index contributed by atoms with van der Waals surface area (Å²) in [6.45, 7) is 5.48. The van der Waals surface area contributed by atoms with Gasteiger partial charge in [0.15, 0.2) is 0 Å². The van der Waals surface area contributed by atoms with E-state index in [0.29, 0.717) is 19.8 Å². The normalized spacial score (nSPS) is 14.3. The summed E-state index contributed by atoms with van der Waals surface area (Å²) in [6, 6.07) is 9.28. The van der Waals surface area contributed by atoms with Crippen molar-refractivity contribution in [3.63, 3.8) is 0 Å². The summed E-state index contributed by atoms with van der Waals surface area (Å²) in [7, 11) is 0. The van der Waals surface area contributed by atoms with Gasteiger partial charge in [-0.3, -0.25) is 0 Å². The third-order valence-electron chi connectivity index (χ3n) is 3.71. The Bertz CT molecular complexity index is 684. The predicted molar refractivity (Wildman–Crippen MR) is 93.2 cm³/mol. The molecule has 1 aliphatic rings. The van der Waals surface area contributed by atoms with Crippen LogP contribution in [0.2, 0.25) is 0 Å². The zero-order valence-corrected chi connectivity index (χ0v) is 13.7. The number of rotatable bonds is 4. The summed E-state index contributed by atoms with van der Waals surface area (Å²) in [6.07, 6.45) is 1.77. The quantitative estimate of drug-likeness (QED) is 0.899. The minimum Gasteiger partial charge on any atom is -0.378 e. The SMILES string of the molecule is CCNC(=O)Nc1ccc(-c2ccnc(N3CCOCC3)n2)cc1. The first-order valence-electron chi connectivity index (χ1n) is 8.07. The Kier molecular flexibility index (Phi) is 5.22. The van der Waals surface area contributed by atoms with Crippen molar-refractivity contribution in [3.8, 4) is 11.3 Å². The number of amides is 2. The first kappa shape index (κ1) is 16.2. The Balaban J connectivity index is 1.73. The molecule has 1 fully saturated rings. The molecule has 0 aliphatic carbocycles. The summed E-state index contributed by atoms with van der Waals surface area (Å²) in [5.74, 6) is 0.723. The number of hydrogen-bond acceptors (Lipinski definition) is 5. The summed E-state index contributed by atoms with van der Waals surface area (Å²) in [4.78, 5) is 22.7. The van der Waals surface area contributed by atoms with Crippen LogP contribution in [0.5, 0.6) is 0 Å². The molecule has 1 aromatic heterocycles. The van der Waals surface area contributed by atoms with Crippen LogP contribution in [-0.2, 0) is 4.74 Å². The molecule has 24 heavy (non-hydrogen) atoms. The van der Waals surface area contributed by atoms with Crippen molar-refractivity contribution in [2.24, 2.45) is 0 Å². The van der Waals surface area contributed by atoms with Crippen molar-refractivity contribution in [2.45, 2.75) is 6.92 Å². The molecular weight excluding hydrogens is 306 g/mol. The molecule has 126 valence electrons.